The summed E-state index contributed by atoms with van der Waals surface area (Å²) in [6.07, 6.45) is 8.60. The van der Waals surface area contributed by atoms with E-state index in [1.807, 2.05) is 0 Å². The molecule has 0 amide bonds. The summed E-state index contributed by atoms with van der Waals surface area (Å²) in [5.74, 6) is 0. The van der Waals surface area contributed by atoms with E-state index in [1.54, 1.807) is 0 Å². The van der Waals surface area contributed by atoms with Gasteiger partial charge in [0.2, 0.25) is 0 Å². The van der Waals surface area contributed by atoms with Crippen molar-refractivity contribution in [2.24, 2.45) is 0 Å². The highest BCUT2D eigenvalue weighted by Crippen LogP contribution is 2.28. The van der Waals surface area contributed by atoms with Crippen molar-refractivity contribution in [3.63, 3.8) is 0 Å². The largest absolute Gasteiger partial charge is 0.0723 e. The monoisotopic (exact) mass is 512 g/mol. The van der Waals surface area contributed by atoms with E-state index in [2.05, 4.69) is 170 Å². The summed E-state index contributed by atoms with van der Waals surface area (Å²) in [6.45, 7) is 0. The molecule has 0 aliphatic heterocycles. The summed E-state index contributed by atoms with van der Waals surface area (Å²) in [6, 6.07) is 54.4. The molecule has 0 nitrogen and oxygen atoms in total. The fourth-order valence-corrected chi connectivity index (χ4v) is 5.15. The fourth-order valence-electron chi connectivity index (χ4n) is 5.15. The highest BCUT2D eigenvalue weighted by atomic mass is 14.1. The molecule has 0 saturated carbocycles. The molecule has 6 rings (SSSR count). The lowest BCUT2D eigenvalue weighted by atomic mass is 9.95. The first-order valence-corrected chi connectivity index (χ1v) is 13.9. The molecule has 192 valence electrons. The van der Waals surface area contributed by atoms with Gasteiger partial charge in [-0.25, -0.2) is 0 Å². The Morgan fingerprint density at radius 2 is 1.10 bits per heavy atom. The molecule has 0 aromatic heterocycles. The van der Waals surface area contributed by atoms with E-state index < -0.39 is 0 Å². The zero-order valence-corrected chi connectivity index (χ0v) is 22.6. The molecular weight excluding hydrogens is 480 g/mol. The Morgan fingerprint density at radius 1 is 0.475 bits per heavy atom. The van der Waals surface area contributed by atoms with Gasteiger partial charge >= 0.3 is 0 Å². The van der Waals surface area contributed by atoms with Crippen LogP contribution in [-0.4, -0.2) is 0 Å². The predicted molar refractivity (Wildman–Crippen MR) is 172 cm³/mol. The molecule has 0 radical (unpaired) electrons. The number of allylic oxidation sites excluding steroid dienone is 3. The van der Waals surface area contributed by atoms with Crippen molar-refractivity contribution in [3.05, 3.63) is 192 Å². The number of rotatable bonds is 8. The minimum absolute atomic E-state index is 0.896. The minimum atomic E-state index is 0.896. The summed E-state index contributed by atoms with van der Waals surface area (Å²) in [7, 11) is 0. The van der Waals surface area contributed by atoms with E-state index in [4.69, 9.17) is 0 Å². The Morgan fingerprint density at radius 3 is 1.82 bits per heavy atom. The lowest BCUT2D eigenvalue weighted by molar-refractivity contribution is 1.20. The third-order valence-electron chi connectivity index (χ3n) is 7.36. The molecule has 40 heavy (non-hydrogen) atoms. The summed E-state index contributed by atoms with van der Waals surface area (Å²) in [5, 5.41) is 2.55. The number of hydrogen-bond donors (Lipinski definition) is 0. The van der Waals surface area contributed by atoms with Crippen LogP contribution in [0, 0.1) is 0 Å². The second-order valence-electron chi connectivity index (χ2n) is 10.2. The molecule has 0 heterocycles. The molecule has 0 bridgehead atoms. The molecule has 0 N–H and O–H groups in total. The van der Waals surface area contributed by atoms with Gasteiger partial charge in [0.25, 0.3) is 0 Å². The number of benzene rings is 6. The van der Waals surface area contributed by atoms with Crippen molar-refractivity contribution in [3.8, 4) is 11.1 Å². The summed E-state index contributed by atoms with van der Waals surface area (Å²) >= 11 is 0. The van der Waals surface area contributed by atoms with Crippen LogP contribution in [0.3, 0.4) is 0 Å². The molecule has 0 unspecified atom stereocenters. The maximum Gasteiger partial charge on any atom is -0.00256 e. The second-order valence-corrected chi connectivity index (χ2v) is 10.2. The van der Waals surface area contributed by atoms with E-state index in [0.29, 0.717) is 0 Å². The molecular formula is C40H32. The Bertz CT molecular complexity index is 1740. The third-order valence-corrected chi connectivity index (χ3v) is 7.36. The van der Waals surface area contributed by atoms with Gasteiger partial charge in [0.15, 0.2) is 0 Å². The van der Waals surface area contributed by atoms with E-state index >= 15 is 0 Å². The maximum absolute atomic E-state index is 2.33. The van der Waals surface area contributed by atoms with Crippen molar-refractivity contribution in [1.29, 1.82) is 0 Å². The third kappa shape index (κ3) is 6.37. The van der Waals surface area contributed by atoms with Gasteiger partial charge in [0.05, 0.1) is 0 Å². The second kappa shape index (κ2) is 12.3. The Balaban J connectivity index is 1.27. The van der Waals surface area contributed by atoms with E-state index in [-0.39, 0.29) is 0 Å². The lowest BCUT2D eigenvalue weighted by Gasteiger charge is -2.09. The van der Waals surface area contributed by atoms with Gasteiger partial charge in [-0.2, -0.15) is 0 Å². The van der Waals surface area contributed by atoms with Crippen LogP contribution >= 0.6 is 0 Å². The highest BCUT2D eigenvalue weighted by molar-refractivity contribution is 5.88. The maximum atomic E-state index is 2.33. The molecule has 0 spiro atoms. The molecule has 0 heteroatoms. The Hall–Kier alpha value is -4.94. The zero-order valence-electron chi connectivity index (χ0n) is 22.6. The number of hydrogen-bond acceptors (Lipinski definition) is 0. The summed E-state index contributed by atoms with van der Waals surface area (Å²) < 4.78 is 0. The summed E-state index contributed by atoms with van der Waals surface area (Å²) in [4.78, 5) is 0. The van der Waals surface area contributed by atoms with Crippen LogP contribution in [0.5, 0.6) is 0 Å². The molecule has 0 aliphatic carbocycles. The fraction of sp³-hybridized carbons (Fsp3) is 0.0500. The normalized spacial score (nSPS) is 11.8. The molecule has 0 fully saturated rings. The van der Waals surface area contributed by atoms with Gasteiger partial charge in [0.1, 0.15) is 0 Å². The zero-order chi connectivity index (χ0) is 27.0. The van der Waals surface area contributed by atoms with Gasteiger partial charge < -0.3 is 0 Å². The van der Waals surface area contributed by atoms with Crippen LogP contribution in [0.25, 0.3) is 33.5 Å². The first-order chi connectivity index (χ1) is 19.8. The quantitative estimate of drug-likeness (QED) is 0.178. The molecule has 0 aliphatic rings. The Labute approximate surface area is 237 Å². The van der Waals surface area contributed by atoms with Crippen molar-refractivity contribution < 1.29 is 0 Å². The van der Waals surface area contributed by atoms with Crippen LogP contribution in [0.4, 0.5) is 0 Å². The van der Waals surface area contributed by atoms with Gasteiger partial charge in [-0.15, -0.1) is 0 Å². The average Bonchev–Trinajstić information content (AvgIpc) is 3.02. The van der Waals surface area contributed by atoms with Crippen LogP contribution in [0.1, 0.15) is 27.8 Å². The van der Waals surface area contributed by atoms with Crippen LogP contribution in [0.2, 0.25) is 0 Å². The van der Waals surface area contributed by atoms with Gasteiger partial charge in [-0.3, -0.25) is 0 Å². The molecule has 6 aromatic rings. The lowest BCUT2D eigenvalue weighted by Crippen LogP contribution is -1.88. The van der Waals surface area contributed by atoms with E-state index in [0.717, 1.165) is 12.8 Å². The van der Waals surface area contributed by atoms with Crippen molar-refractivity contribution >= 4 is 22.4 Å². The van der Waals surface area contributed by atoms with Crippen molar-refractivity contribution in [2.45, 2.75) is 12.8 Å². The topological polar surface area (TPSA) is 0 Å². The van der Waals surface area contributed by atoms with Gasteiger partial charge in [-0.1, -0.05) is 164 Å². The van der Waals surface area contributed by atoms with Gasteiger partial charge in [0, 0.05) is 0 Å². The predicted octanol–water partition coefficient (Wildman–Crippen LogP) is 10.4. The standard InChI is InChI=1S/C40H32/c1-4-10-31(11-5-1)16-19-35(20-17-32-12-6-2-7-13-32)36-22-24-37(25-23-36)39-27-26-38-21-18-34(29-40(38)30-39)28-33-14-8-3-9-15-33/h1-16,18-27,29-30H,17,28H2/b19-16+,35-20+. The van der Waals surface area contributed by atoms with Crippen LogP contribution in [-0.2, 0) is 12.8 Å². The van der Waals surface area contributed by atoms with E-state index in [9.17, 15) is 0 Å². The van der Waals surface area contributed by atoms with Crippen molar-refractivity contribution in [2.75, 3.05) is 0 Å². The van der Waals surface area contributed by atoms with E-state index in [1.165, 1.54) is 55.3 Å². The average molecular weight is 513 g/mol. The van der Waals surface area contributed by atoms with Gasteiger partial charge in [-0.05, 0) is 74.2 Å². The summed E-state index contributed by atoms with van der Waals surface area (Å²) in [5.41, 5.74) is 10.1. The van der Waals surface area contributed by atoms with Crippen LogP contribution < -0.4 is 0 Å². The highest BCUT2D eigenvalue weighted by Gasteiger charge is 2.05. The Kier molecular flexibility index (Phi) is 7.78. The smallest absolute Gasteiger partial charge is 0.00256 e. The minimum Gasteiger partial charge on any atom is -0.0723 e. The number of fused-ring (bicyclic) bond motifs is 1. The van der Waals surface area contributed by atoms with Crippen LogP contribution in [0.15, 0.2) is 164 Å². The SMILES string of the molecule is C(=C\c1ccccc1)/C(=C\Cc1ccccc1)c1ccc(-c2ccc3ccc(Cc4ccccc4)cc3c2)cc1. The molecule has 0 atom stereocenters. The molecule has 0 saturated heterocycles. The first kappa shape index (κ1) is 25.3. The van der Waals surface area contributed by atoms with Crippen molar-refractivity contribution in [1.82, 2.24) is 0 Å². The first-order valence-electron chi connectivity index (χ1n) is 13.9. The molecule has 6 aromatic carbocycles.